The van der Waals surface area contributed by atoms with Gasteiger partial charge in [0.2, 0.25) is 0 Å². The zero-order chi connectivity index (χ0) is 12.1. The van der Waals surface area contributed by atoms with E-state index in [1.165, 1.54) is 12.1 Å². The Hall–Kier alpha value is -0.970. The average molecular weight is 282 g/mol. The molecule has 1 amide bonds. The fraction of sp³-hybridized carbons (Fsp3) is 0.111. The van der Waals surface area contributed by atoms with Crippen molar-refractivity contribution < 1.29 is 10.0 Å². The molecule has 0 saturated carbocycles. The quantitative estimate of drug-likeness (QED) is 0.387. The van der Waals surface area contributed by atoms with Crippen LogP contribution in [0.25, 0.3) is 0 Å². The Morgan fingerprint density at radius 3 is 2.75 bits per heavy atom. The largest absolute Gasteiger partial charge is 0.411 e. The first-order valence-electron chi connectivity index (χ1n) is 4.15. The van der Waals surface area contributed by atoms with Crippen LogP contribution in [0.5, 0.6) is 0 Å². The molecule has 0 unspecified atom stereocenters. The second-order valence-corrected chi connectivity index (χ2v) is 3.98. The summed E-state index contributed by atoms with van der Waals surface area (Å²) < 4.78 is 0. The number of rotatable bonds is 3. The van der Waals surface area contributed by atoms with Gasteiger partial charge in [-0.1, -0.05) is 34.8 Å². The van der Waals surface area contributed by atoms with Crippen LogP contribution in [0.3, 0.4) is 0 Å². The van der Waals surface area contributed by atoms with Crippen molar-refractivity contribution in [2.45, 2.75) is 0 Å². The van der Waals surface area contributed by atoms with Crippen LogP contribution in [-0.2, 0) is 0 Å². The molecule has 7 heteroatoms. The van der Waals surface area contributed by atoms with Crippen LogP contribution in [-0.4, -0.2) is 23.9 Å². The molecule has 0 atom stereocenters. The SMILES string of the molecule is O=C(NCC=NO)c1cc(Cl)cc(Cl)c1Cl. The van der Waals surface area contributed by atoms with E-state index in [-0.39, 0.29) is 22.2 Å². The van der Waals surface area contributed by atoms with Gasteiger partial charge in [0.1, 0.15) is 0 Å². The van der Waals surface area contributed by atoms with Crippen LogP contribution in [0.15, 0.2) is 17.3 Å². The van der Waals surface area contributed by atoms with Gasteiger partial charge in [-0.2, -0.15) is 0 Å². The highest BCUT2D eigenvalue weighted by atomic mass is 35.5. The highest BCUT2D eigenvalue weighted by Gasteiger charge is 2.13. The fourth-order valence-electron chi connectivity index (χ4n) is 0.996. The van der Waals surface area contributed by atoms with E-state index < -0.39 is 5.91 Å². The molecule has 1 rings (SSSR count). The van der Waals surface area contributed by atoms with Crippen LogP contribution >= 0.6 is 34.8 Å². The predicted molar refractivity (Wildman–Crippen MR) is 64.1 cm³/mol. The van der Waals surface area contributed by atoms with E-state index in [1.54, 1.807) is 0 Å². The lowest BCUT2D eigenvalue weighted by Crippen LogP contribution is -2.25. The maximum absolute atomic E-state index is 11.6. The van der Waals surface area contributed by atoms with E-state index in [1.807, 2.05) is 0 Å². The summed E-state index contributed by atoms with van der Waals surface area (Å²) in [5.41, 5.74) is 0.172. The number of hydrogen-bond acceptors (Lipinski definition) is 3. The molecule has 16 heavy (non-hydrogen) atoms. The maximum Gasteiger partial charge on any atom is 0.253 e. The predicted octanol–water partition coefficient (Wildman–Crippen LogP) is 2.84. The van der Waals surface area contributed by atoms with Crippen molar-refractivity contribution in [2.24, 2.45) is 5.16 Å². The maximum atomic E-state index is 11.6. The minimum Gasteiger partial charge on any atom is -0.411 e. The van der Waals surface area contributed by atoms with E-state index >= 15 is 0 Å². The number of benzene rings is 1. The van der Waals surface area contributed by atoms with Gasteiger partial charge in [0.05, 0.1) is 28.4 Å². The fourth-order valence-corrected chi connectivity index (χ4v) is 1.68. The van der Waals surface area contributed by atoms with Gasteiger partial charge in [-0.25, -0.2) is 0 Å². The molecular formula is C9H7Cl3N2O2. The monoisotopic (exact) mass is 280 g/mol. The number of carbonyl (C=O) groups is 1. The van der Waals surface area contributed by atoms with Crippen molar-refractivity contribution in [2.75, 3.05) is 6.54 Å². The molecular weight excluding hydrogens is 274 g/mol. The molecule has 0 radical (unpaired) electrons. The molecule has 0 aliphatic rings. The zero-order valence-corrected chi connectivity index (χ0v) is 10.1. The third-order valence-electron chi connectivity index (χ3n) is 1.67. The molecule has 0 aliphatic heterocycles. The summed E-state index contributed by atoms with van der Waals surface area (Å²) in [4.78, 5) is 11.6. The lowest BCUT2D eigenvalue weighted by Gasteiger charge is -2.06. The van der Waals surface area contributed by atoms with Crippen molar-refractivity contribution in [3.05, 3.63) is 32.8 Å². The molecule has 0 saturated heterocycles. The van der Waals surface area contributed by atoms with Crippen LogP contribution in [0.1, 0.15) is 10.4 Å². The number of oxime groups is 1. The van der Waals surface area contributed by atoms with Gasteiger partial charge >= 0.3 is 0 Å². The molecule has 1 aromatic rings. The van der Waals surface area contributed by atoms with Gasteiger partial charge in [0.15, 0.2) is 0 Å². The number of halogens is 3. The standard InChI is InChI=1S/C9H7Cl3N2O2/c10-5-3-6(8(12)7(11)4-5)9(15)13-1-2-14-16/h2-4,16H,1H2,(H,13,15). The summed E-state index contributed by atoms with van der Waals surface area (Å²) in [6.45, 7) is 0.0792. The molecule has 0 aliphatic carbocycles. The van der Waals surface area contributed by atoms with Crippen LogP contribution in [0.2, 0.25) is 15.1 Å². The van der Waals surface area contributed by atoms with Gasteiger partial charge in [-0.05, 0) is 12.1 Å². The summed E-state index contributed by atoms with van der Waals surface area (Å²) >= 11 is 17.3. The molecule has 0 aromatic heterocycles. The highest BCUT2D eigenvalue weighted by Crippen LogP contribution is 2.29. The molecule has 0 spiro atoms. The molecule has 0 heterocycles. The summed E-state index contributed by atoms with van der Waals surface area (Å²) in [6.07, 6.45) is 1.12. The van der Waals surface area contributed by atoms with E-state index in [2.05, 4.69) is 10.5 Å². The molecule has 1 aromatic carbocycles. The van der Waals surface area contributed by atoms with Crippen LogP contribution in [0.4, 0.5) is 0 Å². The van der Waals surface area contributed by atoms with E-state index in [4.69, 9.17) is 40.0 Å². The molecule has 2 N–H and O–H groups in total. The minimum atomic E-state index is -0.450. The van der Waals surface area contributed by atoms with Crippen molar-refractivity contribution >= 4 is 46.9 Å². The van der Waals surface area contributed by atoms with Gasteiger partial charge in [-0.15, -0.1) is 5.16 Å². The highest BCUT2D eigenvalue weighted by molar-refractivity contribution is 6.45. The number of nitrogens with zero attached hydrogens (tertiary/aromatic N) is 1. The second kappa shape index (κ2) is 5.94. The first-order valence-corrected chi connectivity index (χ1v) is 5.28. The Labute approximate surface area is 107 Å². The van der Waals surface area contributed by atoms with Crippen molar-refractivity contribution in [3.8, 4) is 0 Å². The summed E-state index contributed by atoms with van der Waals surface area (Å²) in [7, 11) is 0. The Morgan fingerprint density at radius 2 is 2.12 bits per heavy atom. The Morgan fingerprint density at radius 1 is 1.44 bits per heavy atom. The lowest BCUT2D eigenvalue weighted by atomic mass is 10.2. The number of hydrogen-bond donors (Lipinski definition) is 2. The van der Waals surface area contributed by atoms with E-state index in [0.29, 0.717) is 5.02 Å². The van der Waals surface area contributed by atoms with Crippen molar-refractivity contribution in [3.63, 3.8) is 0 Å². The average Bonchev–Trinajstić information content (AvgIpc) is 2.23. The normalized spacial score (nSPS) is 10.7. The topological polar surface area (TPSA) is 61.7 Å². The Balaban J connectivity index is 2.90. The summed E-state index contributed by atoms with van der Waals surface area (Å²) in [6, 6.07) is 2.85. The Kier molecular flexibility index (Phi) is 4.86. The first kappa shape index (κ1) is 13.1. The number of nitrogens with one attached hydrogen (secondary N) is 1. The van der Waals surface area contributed by atoms with Crippen molar-refractivity contribution in [1.82, 2.24) is 5.32 Å². The second-order valence-electron chi connectivity index (χ2n) is 2.76. The van der Waals surface area contributed by atoms with Gasteiger partial charge < -0.3 is 10.5 Å². The number of carbonyl (C=O) groups excluding carboxylic acids is 1. The van der Waals surface area contributed by atoms with Crippen LogP contribution < -0.4 is 5.32 Å². The van der Waals surface area contributed by atoms with E-state index in [0.717, 1.165) is 6.21 Å². The Bertz CT molecular complexity index is 435. The summed E-state index contributed by atoms with van der Waals surface area (Å²) in [5.74, 6) is -0.450. The lowest BCUT2D eigenvalue weighted by molar-refractivity contribution is 0.0959. The minimum absolute atomic E-state index is 0.0792. The number of amides is 1. The first-order chi connectivity index (χ1) is 7.56. The molecule has 0 bridgehead atoms. The zero-order valence-electron chi connectivity index (χ0n) is 7.88. The molecule has 86 valence electrons. The van der Waals surface area contributed by atoms with Gasteiger partial charge in [0.25, 0.3) is 5.91 Å². The summed E-state index contributed by atoms with van der Waals surface area (Å²) in [5, 5.41) is 14.0. The molecule has 0 fully saturated rings. The third-order valence-corrected chi connectivity index (χ3v) is 2.69. The van der Waals surface area contributed by atoms with Crippen LogP contribution in [0, 0.1) is 0 Å². The van der Waals surface area contributed by atoms with Crippen molar-refractivity contribution in [1.29, 1.82) is 0 Å². The van der Waals surface area contributed by atoms with E-state index in [9.17, 15) is 4.79 Å². The van der Waals surface area contributed by atoms with Gasteiger partial charge in [0, 0.05) is 5.02 Å². The smallest absolute Gasteiger partial charge is 0.253 e. The molecule has 4 nitrogen and oxygen atoms in total. The van der Waals surface area contributed by atoms with Gasteiger partial charge in [-0.3, -0.25) is 4.79 Å². The third kappa shape index (κ3) is 3.27.